The van der Waals surface area contributed by atoms with Gasteiger partial charge in [-0.3, -0.25) is 9.20 Å². The Morgan fingerprint density at radius 1 is 0.906 bits per heavy atom. The zero-order valence-corrected chi connectivity index (χ0v) is 16.3. The number of aromatic nitrogens is 2. The predicted molar refractivity (Wildman–Crippen MR) is 116 cm³/mol. The summed E-state index contributed by atoms with van der Waals surface area (Å²) in [5.41, 5.74) is 1.83. The summed E-state index contributed by atoms with van der Waals surface area (Å²) in [6.07, 6.45) is 0. The minimum Gasteiger partial charge on any atom is -0.268 e. The summed E-state index contributed by atoms with van der Waals surface area (Å²) in [6, 6.07) is 21.8. The lowest BCUT2D eigenvalue weighted by molar-refractivity contribution is 0.624. The van der Waals surface area contributed by atoms with Crippen LogP contribution in [0.25, 0.3) is 44.2 Å². The Hall–Kier alpha value is -5.06. The minimum absolute atomic E-state index is 0.0874. The van der Waals surface area contributed by atoms with E-state index < -0.39 is 5.82 Å². The van der Waals surface area contributed by atoms with Crippen molar-refractivity contribution in [3.8, 4) is 29.3 Å². The number of hydrogen-bond acceptors (Lipinski definition) is 5. The van der Waals surface area contributed by atoms with Crippen molar-refractivity contribution in [2.75, 3.05) is 0 Å². The molecule has 5 rings (SSSR count). The maximum atomic E-state index is 13.7. The molecule has 0 fully saturated rings. The summed E-state index contributed by atoms with van der Waals surface area (Å²) in [5.74, 6) is -0.613. The van der Waals surface area contributed by atoms with E-state index in [1.54, 1.807) is 42.5 Å². The highest BCUT2D eigenvalue weighted by Gasteiger charge is 2.16. The van der Waals surface area contributed by atoms with Crippen molar-refractivity contribution in [1.82, 2.24) is 9.38 Å². The van der Waals surface area contributed by atoms with Crippen molar-refractivity contribution < 1.29 is 4.39 Å². The van der Waals surface area contributed by atoms with Crippen molar-refractivity contribution in [3.05, 3.63) is 87.6 Å². The Balaban J connectivity index is 1.92. The van der Waals surface area contributed by atoms with Crippen LogP contribution >= 0.6 is 0 Å². The lowest BCUT2D eigenvalue weighted by Gasteiger charge is -2.06. The fourth-order valence-corrected chi connectivity index (χ4v) is 3.93. The van der Waals surface area contributed by atoms with E-state index in [-0.39, 0.29) is 22.3 Å². The number of hydrogen-bond donors (Lipinski definition) is 0. The quantitative estimate of drug-likeness (QED) is 0.416. The van der Waals surface area contributed by atoms with Gasteiger partial charge in [0.2, 0.25) is 0 Å². The van der Waals surface area contributed by atoms with Crippen molar-refractivity contribution in [2.24, 2.45) is 0 Å². The molecule has 32 heavy (non-hydrogen) atoms. The van der Waals surface area contributed by atoms with E-state index in [0.717, 1.165) is 0 Å². The second kappa shape index (κ2) is 7.02. The molecule has 0 aliphatic heterocycles. The van der Waals surface area contributed by atoms with Gasteiger partial charge in [0, 0.05) is 5.39 Å². The topological polar surface area (TPSA) is 106 Å². The van der Waals surface area contributed by atoms with Crippen molar-refractivity contribution in [2.45, 2.75) is 0 Å². The van der Waals surface area contributed by atoms with Gasteiger partial charge in [0.25, 0.3) is 5.56 Å². The lowest BCUT2D eigenvalue weighted by Crippen LogP contribution is -2.17. The summed E-state index contributed by atoms with van der Waals surface area (Å²) < 4.78 is 15.1. The van der Waals surface area contributed by atoms with Crippen LogP contribution in [0.5, 0.6) is 0 Å². The summed E-state index contributed by atoms with van der Waals surface area (Å²) >= 11 is 0. The Morgan fingerprint density at radius 3 is 2.38 bits per heavy atom. The van der Waals surface area contributed by atoms with Crippen LogP contribution in [-0.2, 0) is 0 Å². The fraction of sp³-hybridized carbons (Fsp3) is 0. The number of nitrogens with zero attached hydrogens (tertiary/aromatic N) is 5. The van der Waals surface area contributed by atoms with Gasteiger partial charge >= 0.3 is 0 Å². The molecule has 0 N–H and O–H groups in total. The summed E-state index contributed by atoms with van der Waals surface area (Å²) in [7, 11) is 0. The molecular weight excluding hydrogens is 405 g/mol. The van der Waals surface area contributed by atoms with Gasteiger partial charge in [0.15, 0.2) is 5.65 Å². The van der Waals surface area contributed by atoms with Gasteiger partial charge in [-0.25, -0.2) is 9.37 Å². The van der Waals surface area contributed by atoms with Crippen molar-refractivity contribution >= 4 is 33.0 Å². The van der Waals surface area contributed by atoms with E-state index in [2.05, 4.69) is 4.98 Å². The van der Waals surface area contributed by atoms with Crippen molar-refractivity contribution in [1.29, 1.82) is 15.8 Å². The third-order valence-corrected chi connectivity index (χ3v) is 5.40. The number of fused-ring (bicyclic) bond motifs is 4. The molecule has 0 aliphatic rings. The van der Waals surface area contributed by atoms with Crippen LogP contribution in [0.1, 0.15) is 5.56 Å². The molecule has 7 heteroatoms. The van der Waals surface area contributed by atoms with E-state index in [1.807, 2.05) is 18.2 Å². The normalized spacial score (nSPS) is 10.7. The van der Waals surface area contributed by atoms with Gasteiger partial charge in [-0.05, 0) is 41.5 Å². The lowest BCUT2D eigenvalue weighted by atomic mass is 10.0. The van der Waals surface area contributed by atoms with Crippen LogP contribution in [0.4, 0.5) is 4.39 Å². The molecular formula is C25H10FN5O. The largest absolute Gasteiger partial charge is 0.268 e. The first-order valence-corrected chi connectivity index (χ1v) is 9.49. The molecule has 0 saturated heterocycles. The van der Waals surface area contributed by atoms with Gasteiger partial charge in [-0.15, -0.1) is 0 Å². The van der Waals surface area contributed by atoms with Gasteiger partial charge in [-0.1, -0.05) is 30.3 Å². The number of nitriles is 3. The Kier molecular flexibility index (Phi) is 4.15. The molecule has 3 aromatic carbocycles. The zero-order valence-electron chi connectivity index (χ0n) is 16.3. The highest BCUT2D eigenvalue weighted by molar-refractivity contribution is 5.96. The van der Waals surface area contributed by atoms with E-state index >= 15 is 0 Å². The molecule has 0 amide bonds. The summed E-state index contributed by atoms with van der Waals surface area (Å²) in [4.78, 5) is 18.1. The second-order valence-corrected chi connectivity index (χ2v) is 7.11. The Bertz CT molecular complexity index is 1830. The molecule has 0 unspecified atom stereocenters. The van der Waals surface area contributed by atoms with Crippen molar-refractivity contribution in [3.63, 3.8) is 0 Å². The van der Waals surface area contributed by atoms with Gasteiger partial charge < -0.3 is 0 Å². The Labute approximate surface area is 179 Å². The van der Waals surface area contributed by atoms with Gasteiger partial charge in [0.1, 0.15) is 29.6 Å². The van der Waals surface area contributed by atoms with Crippen LogP contribution in [0.3, 0.4) is 0 Å². The minimum atomic E-state index is -0.613. The molecule has 148 valence electrons. The molecule has 0 bridgehead atoms. The molecule has 0 spiro atoms. The van der Waals surface area contributed by atoms with E-state index in [9.17, 15) is 19.7 Å². The first-order chi connectivity index (χ1) is 15.6. The average molecular weight is 415 g/mol. The highest BCUT2D eigenvalue weighted by Crippen LogP contribution is 2.25. The molecule has 0 radical (unpaired) electrons. The van der Waals surface area contributed by atoms with Gasteiger partial charge in [0.05, 0.1) is 27.2 Å². The van der Waals surface area contributed by atoms with Crippen LogP contribution < -0.4 is 10.8 Å². The SMILES string of the molecule is N#CC(C#N)=c1c2ccccc2n2c(=O)c3cc(-c4ccc(F)c(C#N)c4)ccc3nc12. The smallest absolute Gasteiger partial charge is 0.266 e. The Morgan fingerprint density at radius 2 is 1.62 bits per heavy atom. The summed E-state index contributed by atoms with van der Waals surface area (Å²) in [6.45, 7) is 0. The molecule has 5 aromatic rings. The molecule has 0 atom stereocenters. The first-order valence-electron chi connectivity index (χ1n) is 9.49. The molecule has 2 aromatic heterocycles. The molecule has 0 saturated carbocycles. The maximum absolute atomic E-state index is 13.7. The van der Waals surface area contributed by atoms with E-state index in [0.29, 0.717) is 38.2 Å². The zero-order chi connectivity index (χ0) is 22.4. The second-order valence-electron chi connectivity index (χ2n) is 7.11. The van der Waals surface area contributed by atoms with Gasteiger partial charge in [-0.2, -0.15) is 15.8 Å². The first kappa shape index (κ1) is 18.9. The van der Waals surface area contributed by atoms with Crippen LogP contribution in [0, 0.1) is 39.8 Å². The third kappa shape index (κ3) is 2.61. The number of rotatable bonds is 1. The van der Waals surface area contributed by atoms with Crippen LogP contribution in [0.15, 0.2) is 65.5 Å². The third-order valence-electron chi connectivity index (χ3n) is 5.40. The molecule has 2 heterocycles. The van der Waals surface area contributed by atoms with E-state index in [1.165, 1.54) is 22.6 Å². The standard InChI is InChI=1S/C25H10FN5O/c26-20-7-5-14(9-16(20)11-27)15-6-8-21-19(10-15)25(32)31-22-4-2-1-3-18(22)23(24(31)30-21)17(12-28)13-29/h1-10H. The summed E-state index contributed by atoms with van der Waals surface area (Å²) in [5, 5.41) is 29.2. The number of benzene rings is 3. The fourth-order valence-electron chi connectivity index (χ4n) is 3.93. The molecule has 0 aliphatic carbocycles. The monoisotopic (exact) mass is 415 g/mol. The highest BCUT2D eigenvalue weighted by atomic mass is 19.1. The van der Waals surface area contributed by atoms with E-state index in [4.69, 9.17) is 5.26 Å². The molecule has 6 nitrogen and oxygen atoms in total. The predicted octanol–water partition coefficient (Wildman–Crippen LogP) is 3.60. The van der Waals surface area contributed by atoms with Crippen LogP contribution in [-0.4, -0.2) is 9.38 Å². The number of halogens is 1. The maximum Gasteiger partial charge on any atom is 0.266 e. The van der Waals surface area contributed by atoms with Crippen LogP contribution in [0.2, 0.25) is 0 Å². The average Bonchev–Trinajstić information content (AvgIpc) is 3.15. The number of para-hydroxylation sites is 1.